The van der Waals surface area contributed by atoms with Crippen molar-refractivity contribution in [1.82, 2.24) is 10.2 Å². The molecule has 1 saturated heterocycles. The van der Waals surface area contributed by atoms with E-state index in [9.17, 15) is 10.2 Å². The van der Waals surface area contributed by atoms with E-state index in [0.717, 1.165) is 55.8 Å². The third-order valence-electron chi connectivity index (χ3n) is 3.77. The molecule has 1 heterocycles. The minimum absolute atomic E-state index is 0.0327. The van der Waals surface area contributed by atoms with Crippen molar-refractivity contribution in [1.29, 1.82) is 0 Å². The number of hydrogen-bond acceptors (Lipinski definition) is 4. The summed E-state index contributed by atoms with van der Waals surface area (Å²) < 4.78 is 0. The summed E-state index contributed by atoms with van der Waals surface area (Å²) in [6.45, 7) is 8.88. The van der Waals surface area contributed by atoms with Crippen LogP contribution in [-0.2, 0) is 6.42 Å². The van der Waals surface area contributed by atoms with Crippen LogP contribution in [0.2, 0.25) is 0 Å². The standard InChI is InChI=1S/C14H22N2O2/c1-10-9-12(14(18)13(17)11(10)2)3-6-16-7-4-15-5-8-16/h9,15,17-18H,3-8H2,1-2H3. The fourth-order valence-electron chi connectivity index (χ4n) is 2.36. The average Bonchev–Trinajstić information content (AvgIpc) is 2.40. The third-order valence-corrected chi connectivity index (χ3v) is 3.77. The molecule has 0 aliphatic carbocycles. The number of rotatable bonds is 3. The Morgan fingerprint density at radius 2 is 1.83 bits per heavy atom. The van der Waals surface area contributed by atoms with Gasteiger partial charge in [0.25, 0.3) is 0 Å². The molecule has 1 aliphatic rings. The van der Waals surface area contributed by atoms with Gasteiger partial charge in [0.05, 0.1) is 0 Å². The van der Waals surface area contributed by atoms with E-state index in [1.165, 1.54) is 0 Å². The summed E-state index contributed by atoms with van der Waals surface area (Å²) in [6.07, 6.45) is 0.778. The topological polar surface area (TPSA) is 55.7 Å². The molecular weight excluding hydrogens is 228 g/mol. The molecule has 1 fully saturated rings. The molecule has 0 spiro atoms. The number of nitrogens with one attached hydrogen (secondary N) is 1. The van der Waals surface area contributed by atoms with Gasteiger partial charge in [0, 0.05) is 32.7 Å². The number of piperazine rings is 1. The average molecular weight is 250 g/mol. The van der Waals surface area contributed by atoms with E-state index in [2.05, 4.69) is 10.2 Å². The molecule has 0 atom stereocenters. The zero-order chi connectivity index (χ0) is 13.1. The van der Waals surface area contributed by atoms with Gasteiger partial charge in [0.1, 0.15) is 0 Å². The van der Waals surface area contributed by atoms with E-state index in [1.54, 1.807) is 0 Å². The van der Waals surface area contributed by atoms with E-state index in [-0.39, 0.29) is 11.5 Å². The van der Waals surface area contributed by atoms with Gasteiger partial charge in [-0.25, -0.2) is 0 Å². The number of nitrogens with zero attached hydrogens (tertiary/aromatic N) is 1. The van der Waals surface area contributed by atoms with E-state index < -0.39 is 0 Å². The monoisotopic (exact) mass is 250 g/mol. The van der Waals surface area contributed by atoms with Crippen LogP contribution in [-0.4, -0.2) is 47.8 Å². The first-order chi connectivity index (χ1) is 8.59. The summed E-state index contributed by atoms with van der Waals surface area (Å²) in [5.41, 5.74) is 2.63. The molecule has 4 nitrogen and oxygen atoms in total. The Hall–Kier alpha value is -1.26. The van der Waals surface area contributed by atoms with Crippen molar-refractivity contribution in [2.24, 2.45) is 0 Å². The molecule has 1 aromatic rings. The molecule has 0 radical (unpaired) electrons. The SMILES string of the molecule is Cc1cc(CCN2CCNCC2)c(O)c(O)c1C. The normalized spacial score (nSPS) is 17.0. The van der Waals surface area contributed by atoms with Crippen LogP contribution in [0.15, 0.2) is 6.07 Å². The lowest BCUT2D eigenvalue weighted by Crippen LogP contribution is -2.44. The Morgan fingerprint density at radius 3 is 2.50 bits per heavy atom. The van der Waals surface area contributed by atoms with Crippen molar-refractivity contribution in [3.05, 3.63) is 22.8 Å². The Bertz CT molecular complexity index is 426. The molecule has 4 heteroatoms. The first kappa shape index (κ1) is 13.2. The van der Waals surface area contributed by atoms with Gasteiger partial charge in [0.15, 0.2) is 11.5 Å². The van der Waals surface area contributed by atoms with Crippen molar-refractivity contribution in [2.75, 3.05) is 32.7 Å². The first-order valence-electron chi connectivity index (χ1n) is 6.53. The molecule has 0 unspecified atom stereocenters. The van der Waals surface area contributed by atoms with E-state index in [1.807, 2.05) is 19.9 Å². The maximum absolute atomic E-state index is 9.95. The van der Waals surface area contributed by atoms with E-state index >= 15 is 0 Å². The van der Waals surface area contributed by atoms with Gasteiger partial charge < -0.3 is 20.4 Å². The highest BCUT2D eigenvalue weighted by Crippen LogP contribution is 2.34. The molecule has 100 valence electrons. The van der Waals surface area contributed by atoms with Crippen LogP contribution in [0.4, 0.5) is 0 Å². The smallest absolute Gasteiger partial charge is 0.161 e. The number of hydrogen-bond donors (Lipinski definition) is 3. The highest BCUT2D eigenvalue weighted by atomic mass is 16.3. The number of phenols is 2. The van der Waals surface area contributed by atoms with Crippen molar-refractivity contribution in [3.63, 3.8) is 0 Å². The molecule has 18 heavy (non-hydrogen) atoms. The molecule has 1 aromatic carbocycles. The van der Waals surface area contributed by atoms with Crippen LogP contribution in [0.3, 0.4) is 0 Å². The van der Waals surface area contributed by atoms with Crippen LogP contribution in [0.5, 0.6) is 11.5 Å². The van der Waals surface area contributed by atoms with Gasteiger partial charge in [0.2, 0.25) is 0 Å². The lowest BCUT2D eigenvalue weighted by atomic mass is 10.0. The highest BCUT2D eigenvalue weighted by Gasteiger charge is 2.14. The number of benzene rings is 1. The van der Waals surface area contributed by atoms with Gasteiger partial charge in [-0.15, -0.1) is 0 Å². The van der Waals surface area contributed by atoms with Gasteiger partial charge in [-0.05, 0) is 37.0 Å². The molecule has 3 N–H and O–H groups in total. The second-order valence-corrected chi connectivity index (χ2v) is 5.02. The molecular formula is C14H22N2O2. The molecule has 2 rings (SSSR count). The largest absolute Gasteiger partial charge is 0.504 e. The second-order valence-electron chi connectivity index (χ2n) is 5.02. The summed E-state index contributed by atoms with van der Waals surface area (Å²) in [5, 5.41) is 23.1. The molecule has 1 aliphatic heterocycles. The minimum Gasteiger partial charge on any atom is -0.504 e. The maximum atomic E-state index is 9.95. The predicted octanol–water partition coefficient (Wildman–Crippen LogP) is 1.16. The van der Waals surface area contributed by atoms with Crippen LogP contribution < -0.4 is 5.32 Å². The van der Waals surface area contributed by atoms with Gasteiger partial charge in [-0.1, -0.05) is 6.07 Å². The van der Waals surface area contributed by atoms with Crippen LogP contribution in [0.25, 0.3) is 0 Å². The summed E-state index contributed by atoms with van der Waals surface area (Å²) in [7, 11) is 0. The molecule has 0 saturated carbocycles. The number of phenolic OH excluding ortho intramolecular Hbond substituents is 2. The molecule has 0 amide bonds. The summed E-state index contributed by atoms with van der Waals surface area (Å²) in [6, 6.07) is 1.98. The van der Waals surface area contributed by atoms with Crippen LogP contribution in [0.1, 0.15) is 16.7 Å². The highest BCUT2D eigenvalue weighted by molar-refractivity contribution is 5.53. The summed E-state index contributed by atoms with van der Waals surface area (Å²) >= 11 is 0. The fraction of sp³-hybridized carbons (Fsp3) is 0.571. The van der Waals surface area contributed by atoms with Gasteiger partial charge >= 0.3 is 0 Å². The minimum atomic E-state index is 0.0327. The Balaban J connectivity index is 2.05. The quantitative estimate of drug-likeness (QED) is 0.705. The zero-order valence-electron chi connectivity index (χ0n) is 11.2. The molecule has 0 aromatic heterocycles. The summed E-state index contributed by atoms with van der Waals surface area (Å²) in [5.74, 6) is 0.0820. The molecule has 0 bridgehead atoms. The third kappa shape index (κ3) is 2.76. The second kappa shape index (κ2) is 5.59. The van der Waals surface area contributed by atoms with Gasteiger partial charge in [-0.2, -0.15) is 0 Å². The predicted molar refractivity (Wildman–Crippen MR) is 72.3 cm³/mol. The van der Waals surface area contributed by atoms with Crippen molar-refractivity contribution >= 4 is 0 Å². The lowest BCUT2D eigenvalue weighted by Gasteiger charge is -2.27. The van der Waals surface area contributed by atoms with Gasteiger partial charge in [-0.3, -0.25) is 0 Å². The lowest BCUT2D eigenvalue weighted by molar-refractivity contribution is 0.243. The fourth-order valence-corrected chi connectivity index (χ4v) is 2.36. The van der Waals surface area contributed by atoms with E-state index in [0.29, 0.717) is 0 Å². The zero-order valence-corrected chi connectivity index (χ0v) is 11.2. The van der Waals surface area contributed by atoms with Crippen LogP contribution in [0, 0.1) is 13.8 Å². The van der Waals surface area contributed by atoms with Crippen LogP contribution >= 0.6 is 0 Å². The van der Waals surface area contributed by atoms with E-state index in [4.69, 9.17) is 0 Å². The first-order valence-corrected chi connectivity index (χ1v) is 6.53. The summed E-state index contributed by atoms with van der Waals surface area (Å²) in [4.78, 5) is 2.38. The number of aromatic hydroxyl groups is 2. The Labute approximate surface area is 108 Å². The van der Waals surface area contributed by atoms with Crippen molar-refractivity contribution < 1.29 is 10.2 Å². The van der Waals surface area contributed by atoms with Crippen molar-refractivity contribution in [3.8, 4) is 11.5 Å². The maximum Gasteiger partial charge on any atom is 0.161 e. The van der Waals surface area contributed by atoms with Crippen molar-refractivity contribution in [2.45, 2.75) is 20.3 Å². The number of aryl methyl sites for hydroxylation is 1. The Kier molecular flexibility index (Phi) is 4.09. The Morgan fingerprint density at radius 1 is 1.17 bits per heavy atom.